The summed E-state index contributed by atoms with van der Waals surface area (Å²) in [4.78, 5) is 0. The number of aryl methyl sites for hydroxylation is 1. The van der Waals surface area contributed by atoms with Gasteiger partial charge in [0.1, 0.15) is 0 Å². The highest BCUT2D eigenvalue weighted by molar-refractivity contribution is 5.45. The van der Waals surface area contributed by atoms with Crippen molar-refractivity contribution in [3.8, 4) is 11.8 Å². The van der Waals surface area contributed by atoms with Crippen LogP contribution in [0.15, 0.2) is 30.9 Å². The van der Waals surface area contributed by atoms with E-state index in [1.807, 2.05) is 6.92 Å². The molecule has 0 aliphatic carbocycles. The lowest BCUT2D eigenvalue weighted by Crippen LogP contribution is -2.00. The van der Waals surface area contributed by atoms with Crippen molar-refractivity contribution in [2.45, 2.75) is 60.8 Å². The number of allylic oxidation sites excluding steroid dienone is 1. The van der Waals surface area contributed by atoms with Crippen molar-refractivity contribution in [2.75, 3.05) is 0 Å². The van der Waals surface area contributed by atoms with Crippen LogP contribution in [-0.4, -0.2) is 0 Å². The van der Waals surface area contributed by atoms with Crippen LogP contribution in [0.4, 0.5) is 0 Å². The molecule has 0 aliphatic rings. The molecule has 0 aliphatic heterocycles. The van der Waals surface area contributed by atoms with Gasteiger partial charge in [-0.15, -0.1) is 6.58 Å². The zero-order chi connectivity index (χ0) is 15.6. The van der Waals surface area contributed by atoms with Gasteiger partial charge in [0.2, 0.25) is 0 Å². The molecule has 0 heteroatoms. The summed E-state index contributed by atoms with van der Waals surface area (Å²) < 4.78 is 0. The van der Waals surface area contributed by atoms with Gasteiger partial charge in [-0.1, -0.05) is 43.4 Å². The van der Waals surface area contributed by atoms with Crippen molar-refractivity contribution in [1.82, 2.24) is 0 Å². The van der Waals surface area contributed by atoms with Crippen LogP contribution in [0.2, 0.25) is 0 Å². The van der Waals surface area contributed by atoms with Crippen LogP contribution in [-0.2, 0) is 6.42 Å². The van der Waals surface area contributed by atoms with Gasteiger partial charge in [0.15, 0.2) is 0 Å². The Labute approximate surface area is 126 Å². The molecule has 0 unspecified atom stereocenters. The summed E-state index contributed by atoms with van der Waals surface area (Å²) in [6.45, 7) is 16.1. The minimum absolute atomic E-state index is 0.0752. The minimum atomic E-state index is 0.0752. The first-order chi connectivity index (χ1) is 9.35. The normalized spacial score (nSPS) is 9.90. The molecule has 110 valence electrons. The van der Waals surface area contributed by atoms with Gasteiger partial charge in [-0.2, -0.15) is 0 Å². The second-order valence-corrected chi connectivity index (χ2v) is 6.11. The fourth-order valence-corrected chi connectivity index (χ4v) is 1.76. The molecule has 0 fully saturated rings. The summed E-state index contributed by atoms with van der Waals surface area (Å²) in [6, 6.07) is 6.45. The Morgan fingerprint density at radius 3 is 2.35 bits per heavy atom. The Balaban J connectivity index is 0.00000110. The topological polar surface area (TPSA) is 0 Å². The summed E-state index contributed by atoms with van der Waals surface area (Å²) >= 11 is 0. The van der Waals surface area contributed by atoms with Gasteiger partial charge in [-0.3, -0.25) is 0 Å². The molecule has 0 saturated heterocycles. The molecule has 0 spiro atoms. The third kappa shape index (κ3) is 7.85. The molecule has 0 heterocycles. The zero-order valence-electron chi connectivity index (χ0n) is 14.1. The molecule has 0 radical (unpaired) electrons. The van der Waals surface area contributed by atoms with E-state index in [-0.39, 0.29) is 5.41 Å². The van der Waals surface area contributed by atoms with Crippen LogP contribution in [0.1, 0.15) is 64.2 Å². The van der Waals surface area contributed by atoms with E-state index in [1.165, 1.54) is 29.5 Å². The van der Waals surface area contributed by atoms with Gasteiger partial charge >= 0.3 is 0 Å². The van der Waals surface area contributed by atoms with E-state index >= 15 is 0 Å². The predicted octanol–water partition coefficient (Wildman–Crippen LogP) is 5.93. The van der Waals surface area contributed by atoms with E-state index in [2.05, 4.69) is 71.2 Å². The van der Waals surface area contributed by atoms with E-state index in [9.17, 15) is 0 Å². The first kappa shape index (κ1) is 18.5. The zero-order valence-corrected chi connectivity index (χ0v) is 14.1. The Hall–Kier alpha value is -1.48. The van der Waals surface area contributed by atoms with Crippen LogP contribution in [0.25, 0.3) is 0 Å². The lowest BCUT2D eigenvalue weighted by atomic mass is 9.94. The van der Waals surface area contributed by atoms with Gasteiger partial charge in [0.25, 0.3) is 0 Å². The molecule has 0 bridgehead atoms. The molecule has 1 aromatic rings. The maximum Gasteiger partial charge on any atom is 0.0280 e. The van der Waals surface area contributed by atoms with E-state index < -0.39 is 0 Å². The van der Waals surface area contributed by atoms with Crippen LogP contribution in [0.5, 0.6) is 0 Å². The predicted molar refractivity (Wildman–Crippen MR) is 92.0 cm³/mol. The molecule has 0 nitrogen and oxygen atoms in total. The Kier molecular flexibility index (Phi) is 8.73. The minimum Gasteiger partial charge on any atom is -0.103 e. The molecule has 0 saturated carbocycles. The van der Waals surface area contributed by atoms with E-state index in [0.29, 0.717) is 0 Å². The quantitative estimate of drug-likeness (QED) is 0.472. The van der Waals surface area contributed by atoms with E-state index in [4.69, 9.17) is 0 Å². The standard InChI is InChI=1S/C17H24.C3H6/c1-6-7-11-16-14(2)9-8-10-15(16)12-13-17(3,4)5;1-3-2/h8-10H,6-7,11H2,1-5H3;3H,1H2,2H3. The van der Waals surface area contributed by atoms with Crippen molar-refractivity contribution < 1.29 is 0 Å². The Morgan fingerprint density at radius 2 is 1.85 bits per heavy atom. The molecule has 0 N–H and O–H groups in total. The smallest absolute Gasteiger partial charge is 0.0280 e. The van der Waals surface area contributed by atoms with Crippen molar-refractivity contribution in [3.05, 3.63) is 47.5 Å². The monoisotopic (exact) mass is 270 g/mol. The molecule has 0 aromatic heterocycles. The lowest BCUT2D eigenvalue weighted by Gasteiger charge is -2.10. The summed E-state index contributed by atoms with van der Waals surface area (Å²) in [6.07, 6.45) is 5.38. The molecule has 0 atom stereocenters. The largest absolute Gasteiger partial charge is 0.103 e. The maximum absolute atomic E-state index is 3.36. The highest BCUT2D eigenvalue weighted by atomic mass is 14.1. The van der Waals surface area contributed by atoms with Gasteiger partial charge in [0.05, 0.1) is 0 Å². The third-order valence-corrected chi connectivity index (χ3v) is 2.76. The first-order valence-corrected chi connectivity index (χ1v) is 7.54. The van der Waals surface area contributed by atoms with Crippen LogP contribution >= 0.6 is 0 Å². The van der Waals surface area contributed by atoms with Gasteiger partial charge in [-0.25, -0.2) is 0 Å². The molecule has 1 rings (SSSR count). The average Bonchev–Trinajstić information content (AvgIpc) is 2.35. The number of hydrogen-bond donors (Lipinski definition) is 0. The van der Waals surface area contributed by atoms with Crippen LogP contribution < -0.4 is 0 Å². The van der Waals surface area contributed by atoms with Gasteiger partial charge < -0.3 is 0 Å². The van der Waals surface area contributed by atoms with Crippen molar-refractivity contribution in [3.63, 3.8) is 0 Å². The average molecular weight is 270 g/mol. The highest BCUT2D eigenvalue weighted by Gasteiger charge is 2.06. The summed E-state index contributed by atoms with van der Waals surface area (Å²) in [5.74, 6) is 6.69. The molecule has 20 heavy (non-hydrogen) atoms. The number of rotatable bonds is 3. The second kappa shape index (κ2) is 9.43. The summed E-state index contributed by atoms with van der Waals surface area (Å²) in [7, 11) is 0. The maximum atomic E-state index is 3.36. The third-order valence-electron chi connectivity index (χ3n) is 2.76. The number of hydrogen-bond acceptors (Lipinski definition) is 0. The Bertz CT molecular complexity index is 461. The van der Waals surface area contributed by atoms with Gasteiger partial charge in [0, 0.05) is 11.0 Å². The van der Waals surface area contributed by atoms with Crippen LogP contribution in [0, 0.1) is 24.2 Å². The van der Waals surface area contributed by atoms with Crippen molar-refractivity contribution >= 4 is 0 Å². The second-order valence-electron chi connectivity index (χ2n) is 6.11. The summed E-state index contributed by atoms with van der Waals surface area (Å²) in [5, 5.41) is 0. The van der Waals surface area contributed by atoms with Crippen LogP contribution in [0.3, 0.4) is 0 Å². The summed E-state index contributed by atoms with van der Waals surface area (Å²) in [5.41, 5.74) is 4.10. The van der Waals surface area contributed by atoms with Crippen molar-refractivity contribution in [2.24, 2.45) is 5.41 Å². The van der Waals surface area contributed by atoms with Gasteiger partial charge in [-0.05, 0) is 64.7 Å². The van der Waals surface area contributed by atoms with Crippen molar-refractivity contribution in [1.29, 1.82) is 0 Å². The fourth-order valence-electron chi connectivity index (χ4n) is 1.76. The Morgan fingerprint density at radius 1 is 1.25 bits per heavy atom. The molecular formula is C20H30. The fraction of sp³-hybridized carbons (Fsp3) is 0.500. The highest BCUT2D eigenvalue weighted by Crippen LogP contribution is 2.17. The number of benzene rings is 1. The van der Waals surface area contributed by atoms with E-state index in [0.717, 1.165) is 6.42 Å². The first-order valence-electron chi connectivity index (χ1n) is 7.54. The molecule has 1 aromatic carbocycles. The lowest BCUT2D eigenvalue weighted by molar-refractivity contribution is 0.571. The SMILES string of the molecule is C=CC.CCCCc1c(C)cccc1C#CC(C)(C)C. The molecular weight excluding hydrogens is 240 g/mol. The number of unbranched alkanes of at least 4 members (excludes halogenated alkanes) is 1. The molecule has 0 amide bonds. The van der Waals surface area contributed by atoms with E-state index in [1.54, 1.807) is 6.08 Å².